The van der Waals surface area contributed by atoms with Crippen molar-refractivity contribution in [3.8, 4) is 0 Å². The Morgan fingerprint density at radius 3 is 3.09 bits per heavy atom. The van der Waals surface area contributed by atoms with E-state index in [0.717, 1.165) is 21.6 Å². The van der Waals surface area contributed by atoms with Crippen molar-refractivity contribution in [3.05, 3.63) is 10.4 Å². The zero-order chi connectivity index (χ0) is 7.84. The Labute approximate surface area is 72.7 Å². The molecule has 2 nitrogen and oxygen atoms in total. The molecule has 0 bridgehead atoms. The molecular formula is C7H8N2S2. The molecule has 2 rings (SSSR count). The minimum atomic E-state index is 0.877. The first-order valence-electron chi connectivity index (χ1n) is 3.43. The lowest BCUT2D eigenvalue weighted by molar-refractivity contribution is 1.11. The molecule has 58 valence electrons. The molecule has 0 spiro atoms. The Bertz CT molecular complexity index is 375. The van der Waals surface area contributed by atoms with Gasteiger partial charge in [0, 0.05) is 5.38 Å². The summed E-state index contributed by atoms with van der Waals surface area (Å²) < 4.78 is 1.16. The van der Waals surface area contributed by atoms with E-state index in [1.165, 1.54) is 5.01 Å². The number of nitrogens with two attached hydrogens (primary N) is 1. The third kappa shape index (κ3) is 1.02. The number of fused-ring (bicyclic) bond motifs is 1. The number of aryl methyl sites for hydroxylation is 1. The third-order valence-corrected chi connectivity index (χ3v) is 3.77. The smallest absolute Gasteiger partial charge is 0.136 e. The highest BCUT2D eigenvalue weighted by atomic mass is 32.1. The topological polar surface area (TPSA) is 38.9 Å². The van der Waals surface area contributed by atoms with Gasteiger partial charge in [0.25, 0.3) is 0 Å². The molecule has 0 aliphatic carbocycles. The molecule has 0 atom stereocenters. The normalized spacial score (nSPS) is 11.0. The maximum atomic E-state index is 5.73. The molecule has 0 radical (unpaired) electrons. The highest BCUT2D eigenvalue weighted by molar-refractivity contribution is 7.27. The summed E-state index contributed by atoms with van der Waals surface area (Å²) in [6, 6.07) is 0. The second-order valence-electron chi connectivity index (χ2n) is 2.29. The monoisotopic (exact) mass is 184 g/mol. The van der Waals surface area contributed by atoms with Crippen LogP contribution in [-0.4, -0.2) is 4.98 Å². The summed E-state index contributed by atoms with van der Waals surface area (Å²) in [7, 11) is 0. The van der Waals surface area contributed by atoms with Crippen molar-refractivity contribution in [1.29, 1.82) is 0 Å². The fourth-order valence-electron chi connectivity index (χ4n) is 0.935. The van der Waals surface area contributed by atoms with E-state index < -0.39 is 0 Å². The minimum absolute atomic E-state index is 0.877. The summed E-state index contributed by atoms with van der Waals surface area (Å²) in [5.74, 6) is 0. The van der Waals surface area contributed by atoms with Gasteiger partial charge in [-0.15, -0.1) is 22.7 Å². The number of thiazole rings is 1. The predicted octanol–water partition coefficient (Wildman–Crippen LogP) is 2.50. The maximum Gasteiger partial charge on any atom is 0.136 e. The molecule has 2 aromatic rings. The Morgan fingerprint density at radius 2 is 2.45 bits per heavy atom. The molecule has 0 aliphatic heterocycles. The average molecular weight is 184 g/mol. The molecule has 0 unspecified atom stereocenters. The molecule has 0 aromatic carbocycles. The lowest BCUT2D eigenvalue weighted by Crippen LogP contribution is -1.76. The number of hydrogen-bond donors (Lipinski definition) is 1. The van der Waals surface area contributed by atoms with E-state index in [2.05, 4.69) is 11.9 Å². The van der Waals surface area contributed by atoms with Gasteiger partial charge < -0.3 is 5.73 Å². The molecule has 2 heterocycles. The van der Waals surface area contributed by atoms with Crippen LogP contribution in [-0.2, 0) is 6.42 Å². The van der Waals surface area contributed by atoms with E-state index in [1.807, 2.05) is 5.38 Å². The van der Waals surface area contributed by atoms with E-state index in [4.69, 9.17) is 5.73 Å². The molecule has 11 heavy (non-hydrogen) atoms. The zero-order valence-electron chi connectivity index (χ0n) is 6.13. The second-order valence-corrected chi connectivity index (χ2v) is 4.23. The van der Waals surface area contributed by atoms with Crippen molar-refractivity contribution in [2.45, 2.75) is 13.3 Å². The van der Waals surface area contributed by atoms with Gasteiger partial charge in [0.15, 0.2) is 0 Å². The summed E-state index contributed by atoms with van der Waals surface area (Å²) in [5, 5.41) is 3.13. The van der Waals surface area contributed by atoms with Crippen molar-refractivity contribution in [1.82, 2.24) is 4.98 Å². The van der Waals surface area contributed by atoms with Gasteiger partial charge in [-0.2, -0.15) is 0 Å². The van der Waals surface area contributed by atoms with Crippen LogP contribution in [0, 0.1) is 0 Å². The SMILES string of the molecule is CCc1nc2scc(N)c2s1. The highest BCUT2D eigenvalue weighted by Gasteiger charge is 2.06. The lowest BCUT2D eigenvalue weighted by Gasteiger charge is -1.81. The standard InChI is InChI=1S/C7H8N2S2/c1-2-5-9-7-6(11-5)4(8)3-10-7/h3H,2,8H2,1H3. The fourth-order valence-corrected chi connectivity index (χ4v) is 2.91. The van der Waals surface area contributed by atoms with Crippen molar-refractivity contribution in [2.75, 3.05) is 5.73 Å². The molecule has 0 saturated heterocycles. The van der Waals surface area contributed by atoms with Crippen LogP contribution in [0.4, 0.5) is 5.69 Å². The van der Waals surface area contributed by atoms with Crippen LogP contribution in [0.2, 0.25) is 0 Å². The van der Waals surface area contributed by atoms with Crippen molar-refractivity contribution >= 4 is 37.9 Å². The summed E-state index contributed by atoms with van der Waals surface area (Å²) >= 11 is 3.33. The first-order valence-corrected chi connectivity index (χ1v) is 5.13. The quantitative estimate of drug-likeness (QED) is 0.739. The number of nitrogens with zero attached hydrogens (tertiary/aromatic N) is 1. The predicted molar refractivity (Wildman–Crippen MR) is 51.3 cm³/mol. The first-order chi connectivity index (χ1) is 5.31. The Hall–Kier alpha value is -0.610. The summed E-state index contributed by atoms with van der Waals surface area (Å²) in [5.41, 5.74) is 6.60. The molecule has 0 saturated carbocycles. The fraction of sp³-hybridized carbons (Fsp3) is 0.286. The van der Waals surface area contributed by atoms with Crippen LogP contribution in [0.25, 0.3) is 9.53 Å². The summed E-state index contributed by atoms with van der Waals surface area (Å²) in [4.78, 5) is 5.50. The Morgan fingerprint density at radius 1 is 1.64 bits per heavy atom. The first kappa shape index (κ1) is 7.06. The Kier molecular flexibility index (Phi) is 1.58. The van der Waals surface area contributed by atoms with Gasteiger partial charge in [0.05, 0.1) is 15.4 Å². The number of nitrogen functional groups attached to an aromatic ring is 1. The number of anilines is 1. The van der Waals surface area contributed by atoms with E-state index in [9.17, 15) is 0 Å². The van der Waals surface area contributed by atoms with Gasteiger partial charge in [-0.05, 0) is 6.42 Å². The summed E-state index contributed by atoms with van der Waals surface area (Å²) in [6.07, 6.45) is 1.01. The average Bonchev–Trinajstić information content (AvgIpc) is 2.53. The molecule has 0 amide bonds. The van der Waals surface area contributed by atoms with Gasteiger partial charge in [0.1, 0.15) is 4.83 Å². The van der Waals surface area contributed by atoms with Crippen LogP contribution in [0.1, 0.15) is 11.9 Å². The number of rotatable bonds is 1. The van der Waals surface area contributed by atoms with Crippen molar-refractivity contribution in [2.24, 2.45) is 0 Å². The molecule has 2 N–H and O–H groups in total. The number of hydrogen-bond acceptors (Lipinski definition) is 4. The largest absolute Gasteiger partial charge is 0.397 e. The van der Waals surface area contributed by atoms with E-state index >= 15 is 0 Å². The van der Waals surface area contributed by atoms with Gasteiger partial charge >= 0.3 is 0 Å². The lowest BCUT2D eigenvalue weighted by atomic mass is 10.5. The van der Waals surface area contributed by atoms with E-state index in [-0.39, 0.29) is 0 Å². The van der Waals surface area contributed by atoms with Crippen molar-refractivity contribution < 1.29 is 0 Å². The van der Waals surface area contributed by atoms with Crippen LogP contribution in [0.3, 0.4) is 0 Å². The van der Waals surface area contributed by atoms with Crippen LogP contribution in [0.5, 0.6) is 0 Å². The highest BCUT2D eigenvalue weighted by Crippen LogP contribution is 2.32. The zero-order valence-corrected chi connectivity index (χ0v) is 7.76. The van der Waals surface area contributed by atoms with Crippen LogP contribution < -0.4 is 5.73 Å². The molecule has 0 fully saturated rings. The number of aromatic nitrogens is 1. The van der Waals surface area contributed by atoms with Crippen LogP contribution >= 0.6 is 22.7 Å². The van der Waals surface area contributed by atoms with Gasteiger partial charge in [-0.25, -0.2) is 4.98 Å². The second kappa shape index (κ2) is 2.46. The third-order valence-electron chi connectivity index (χ3n) is 1.50. The van der Waals surface area contributed by atoms with Gasteiger partial charge in [0.2, 0.25) is 0 Å². The number of thiophene rings is 1. The molecule has 0 aliphatic rings. The minimum Gasteiger partial charge on any atom is -0.397 e. The van der Waals surface area contributed by atoms with Gasteiger partial charge in [-0.1, -0.05) is 6.92 Å². The van der Waals surface area contributed by atoms with Crippen LogP contribution in [0.15, 0.2) is 5.38 Å². The van der Waals surface area contributed by atoms with Gasteiger partial charge in [-0.3, -0.25) is 0 Å². The van der Waals surface area contributed by atoms with E-state index in [0.29, 0.717) is 0 Å². The molecule has 4 heteroatoms. The maximum absolute atomic E-state index is 5.73. The van der Waals surface area contributed by atoms with Crippen molar-refractivity contribution in [3.63, 3.8) is 0 Å². The van der Waals surface area contributed by atoms with E-state index in [1.54, 1.807) is 22.7 Å². The Balaban J connectivity index is 2.70. The molecular weight excluding hydrogens is 176 g/mol. The molecule has 2 aromatic heterocycles. The summed E-state index contributed by atoms with van der Waals surface area (Å²) in [6.45, 7) is 2.11.